The third-order valence-corrected chi connectivity index (χ3v) is 3.42. The van der Waals surface area contributed by atoms with Crippen molar-refractivity contribution in [1.29, 1.82) is 15.8 Å². The molecule has 0 heterocycles. The van der Waals surface area contributed by atoms with Crippen LogP contribution in [0.1, 0.15) is 5.56 Å². The lowest BCUT2D eigenvalue weighted by Gasteiger charge is -2.09. The molecule has 0 aliphatic carbocycles. The second kappa shape index (κ2) is 8.93. The first-order valence-electron chi connectivity index (χ1n) is 6.79. The molecule has 1 N–H and O–H groups in total. The molecule has 0 radical (unpaired) electrons. The van der Waals surface area contributed by atoms with E-state index in [2.05, 4.69) is 4.72 Å². The Morgan fingerprint density at radius 1 is 1.12 bits per heavy atom. The molecular formula is C17H14N4O3S. The van der Waals surface area contributed by atoms with E-state index >= 15 is 0 Å². The van der Waals surface area contributed by atoms with Gasteiger partial charge >= 0.3 is 0 Å². The fourth-order valence-corrected chi connectivity index (χ4v) is 2.45. The number of methoxy groups -OCH3 is 1. The minimum Gasteiger partial charge on any atom is -0.504 e. The summed E-state index contributed by atoms with van der Waals surface area (Å²) in [5.41, 5.74) is 0.760. The van der Waals surface area contributed by atoms with Gasteiger partial charge in [-0.05, 0) is 29.8 Å². The molecule has 1 aromatic carbocycles. The van der Waals surface area contributed by atoms with Gasteiger partial charge in [0.25, 0.3) is 0 Å². The maximum Gasteiger partial charge on any atom is 0.229 e. The lowest BCUT2D eigenvalue weighted by molar-refractivity contribution is 0.338. The summed E-state index contributed by atoms with van der Waals surface area (Å²) in [6.07, 6.45) is 5.24. The molecule has 7 nitrogen and oxygen atoms in total. The second-order valence-corrected chi connectivity index (χ2v) is 6.43. The zero-order chi connectivity index (χ0) is 18.9. The molecule has 0 aliphatic rings. The van der Waals surface area contributed by atoms with Crippen molar-refractivity contribution < 1.29 is 13.2 Å². The van der Waals surface area contributed by atoms with Gasteiger partial charge < -0.3 is 4.74 Å². The number of sulfonamides is 1. The van der Waals surface area contributed by atoms with Gasteiger partial charge in [0.15, 0.2) is 0 Å². The Bertz CT molecular complexity index is 935. The first kappa shape index (κ1) is 19.5. The van der Waals surface area contributed by atoms with Gasteiger partial charge in [-0.1, -0.05) is 12.1 Å². The van der Waals surface area contributed by atoms with Crippen LogP contribution in [0.25, 0.3) is 5.57 Å². The molecule has 126 valence electrons. The van der Waals surface area contributed by atoms with Crippen LogP contribution in [0.5, 0.6) is 0 Å². The average molecular weight is 354 g/mol. The van der Waals surface area contributed by atoms with E-state index in [-0.39, 0.29) is 16.7 Å². The molecule has 0 saturated carbocycles. The summed E-state index contributed by atoms with van der Waals surface area (Å²) in [6, 6.07) is 11.5. The van der Waals surface area contributed by atoms with Gasteiger partial charge in [0, 0.05) is 11.3 Å². The minimum atomic E-state index is -3.43. The summed E-state index contributed by atoms with van der Waals surface area (Å²) in [5, 5.41) is 27.7. The molecule has 0 unspecified atom stereocenters. The fraction of sp³-hybridized carbons (Fsp3) is 0.118. The van der Waals surface area contributed by atoms with E-state index in [9.17, 15) is 24.2 Å². The summed E-state index contributed by atoms with van der Waals surface area (Å²) in [4.78, 5) is 0. The van der Waals surface area contributed by atoms with E-state index in [1.807, 2.05) is 6.07 Å². The van der Waals surface area contributed by atoms with E-state index < -0.39 is 10.0 Å². The quantitative estimate of drug-likeness (QED) is 0.475. The van der Waals surface area contributed by atoms with Crippen molar-refractivity contribution in [2.75, 3.05) is 18.1 Å². The molecule has 0 aliphatic heterocycles. The summed E-state index contributed by atoms with van der Waals surface area (Å²) in [7, 11) is -1.98. The summed E-state index contributed by atoms with van der Waals surface area (Å²) in [6.45, 7) is 0. The van der Waals surface area contributed by atoms with Crippen molar-refractivity contribution in [3.05, 3.63) is 59.4 Å². The zero-order valence-corrected chi connectivity index (χ0v) is 14.3. The first-order valence-corrected chi connectivity index (χ1v) is 8.68. The Morgan fingerprint density at radius 2 is 1.72 bits per heavy atom. The summed E-state index contributed by atoms with van der Waals surface area (Å²) < 4.78 is 29.5. The zero-order valence-electron chi connectivity index (χ0n) is 13.5. The van der Waals surface area contributed by atoms with Crippen molar-refractivity contribution in [2.24, 2.45) is 0 Å². The van der Waals surface area contributed by atoms with E-state index in [1.165, 1.54) is 49.8 Å². The highest BCUT2D eigenvalue weighted by Crippen LogP contribution is 2.27. The molecule has 0 spiro atoms. The minimum absolute atomic E-state index is 0.0928. The van der Waals surface area contributed by atoms with Gasteiger partial charge in [-0.15, -0.1) is 0 Å². The number of anilines is 1. The van der Waals surface area contributed by atoms with Crippen LogP contribution in [0, 0.1) is 34.0 Å². The number of rotatable bonds is 6. The van der Waals surface area contributed by atoms with Gasteiger partial charge in [0.1, 0.15) is 17.7 Å². The van der Waals surface area contributed by atoms with Gasteiger partial charge in [0.2, 0.25) is 10.0 Å². The Labute approximate surface area is 146 Å². The Balaban J connectivity index is 3.47. The number of hydrogen-bond donors (Lipinski definition) is 1. The third kappa shape index (κ3) is 5.87. The third-order valence-electron chi connectivity index (χ3n) is 2.82. The van der Waals surface area contributed by atoms with Gasteiger partial charge in [-0.25, -0.2) is 8.42 Å². The van der Waals surface area contributed by atoms with Gasteiger partial charge in [-0.2, -0.15) is 15.8 Å². The molecule has 0 saturated heterocycles. The summed E-state index contributed by atoms with van der Waals surface area (Å²) >= 11 is 0. The molecule has 25 heavy (non-hydrogen) atoms. The number of nitrogens with one attached hydrogen (secondary N) is 1. The van der Waals surface area contributed by atoms with Crippen LogP contribution >= 0.6 is 0 Å². The van der Waals surface area contributed by atoms with Gasteiger partial charge in [0.05, 0.1) is 31.3 Å². The van der Waals surface area contributed by atoms with Crippen molar-refractivity contribution in [3.8, 4) is 18.2 Å². The molecule has 0 fully saturated rings. The molecule has 0 aromatic heterocycles. The Hall–Kier alpha value is -3.54. The fourth-order valence-electron chi connectivity index (χ4n) is 1.88. The smallest absolute Gasteiger partial charge is 0.229 e. The predicted octanol–water partition coefficient (Wildman–Crippen LogP) is 2.47. The topological polar surface area (TPSA) is 127 Å². The number of allylic oxidation sites excluding steroid dienone is 5. The predicted molar refractivity (Wildman–Crippen MR) is 92.9 cm³/mol. The van der Waals surface area contributed by atoms with Crippen molar-refractivity contribution in [2.45, 2.75) is 0 Å². The maximum atomic E-state index is 11.2. The Morgan fingerprint density at radius 3 is 2.16 bits per heavy atom. The van der Waals surface area contributed by atoms with Crippen LogP contribution in [0.2, 0.25) is 0 Å². The number of benzene rings is 1. The molecule has 0 atom stereocenters. The highest BCUT2D eigenvalue weighted by atomic mass is 32.2. The molecule has 0 amide bonds. The highest BCUT2D eigenvalue weighted by molar-refractivity contribution is 7.92. The van der Waals surface area contributed by atoms with Crippen LogP contribution in [-0.4, -0.2) is 21.8 Å². The molecule has 0 bridgehead atoms. The second-order valence-electron chi connectivity index (χ2n) is 4.68. The van der Waals surface area contributed by atoms with Crippen LogP contribution in [0.15, 0.2) is 53.8 Å². The van der Waals surface area contributed by atoms with Crippen molar-refractivity contribution >= 4 is 21.3 Å². The lowest BCUT2D eigenvalue weighted by atomic mass is 9.94. The number of hydrogen-bond acceptors (Lipinski definition) is 6. The van der Waals surface area contributed by atoms with E-state index in [0.29, 0.717) is 11.3 Å². The average Bonchev–Trinajstić information content (AvgIpc) is 2.57. The molecule has 8 heteroatoms. The molecule has 1 aromatic rings. The van der Waals surface area contributed by atoms with E-state index in [0.717, 1.165) is 6.26 Å². The molecular weight excluding hydrogens is 340 g/mol. The summed E-state index contributed by atoms with van der Waals surface area (Å²) in [5.74, 6) is 0. The lowest BCUT2D eigenvalue weighted by Crippen LogP contribution is -2.09. The van der Waals surface area contributed by atoms with Crippen LogP contribution < -0.4 is 4.72 Å². The van der Waals surface area contributed by atoms with Crippen LogP contribution in [-0.2, 0) is 14.8 Å². The van der Waals surface area contributed by atoms with Crippen LogP contribution in [0.3, 0.4) is 0 Å². The SMILES string of the molecule is COC=CC=C(C#N)C(=C(C#N)C#N)c1ccc(NS(C)(=O)=O)cc1. The highest BCUT2D eigenvalue weighted by Gasteiger charge is 2.14. The monoisotopic (exact) mass is 354 g/mol. The van der Waals surface area contributed by atoms with Gasteiger partial charge in [-0.3, -0.25) is 4.72 Å². The van der Waals surface area contributed by atoms with E-state index in [4.69, 9.17) is 4.74 Å². The molecule has 1 rings (SSSR count). The van der Waals surface area contributed by atoms with Crippen molar-refractivity contribution in [3.63, 3.8) is 0 Å². The number of ether oxygens (including phenoxy) is 1. The standard InChI is InChI=1S/C17H14N4O3S/c1-24-9-3-4-14(10-18)17(15(11-19)12-20)13-5-7-16(8-6-13)21-25(2,22)23/h3-9,21H,1-2H3. The van der Waals surface area contributed by atoms with Crippen molar-refractivity contribution in [1.82, 2.24) is 0 Å². The normalized spacial score (nSPS) is 11.1. The van der Waals surface area contributed by atoms with Crippen LogP contribution in [0.4, 0.5) is 5.69 Å². The first-order chi connectivity index (χ1) is 11.9. The number of nitriles is 3. The number of nitrogens with zero attached hydrogens (tertiary/aromatic N) is 3. The Kier molecular flexibility index (Phi) is 6.97. The van der Waals surface area contributed by atoms with E-state index in [1.54, 1.807) is 12.1 Å². The maximum absolute atomic E-state index is 11.2. The largest absolute Gasteiger partial charge is 0.504 e.